The van der Waals surface area contributed by atoms with Crippen LogP contribution in [0.2, 0.25) is 0 Å². The molecule has 0 fully saturated rings. The van der Waals surface area contributed by atoms with E-state index in [0.717, 1.165) is 50.5 Å². The second-order valence-electron chi connectivity index (χ2n) is 13.9. The first-order valence-corrected chi connectivity index (χ1v) is 20.1. The number of rotatable bonds is 6. The van der Waals surface area contributed by atoms with Crippen LogP contribution >= 0.6 is 22.7 Å². The number of aromatic nitrogens is 4. The maximum Gasteiger partial charge on any atom is 0.160 e. The molecule has 11 aromatic rings. The van der Waals surface area contributed by atoms with Crippen molar-refractivity contribution in [1.82, 2.24) is 19.9 Å². The molecular formula is C50H30N4S2. The van der Waals surface area contributed by atoms with Crippen molar-refractivity contribution in [3.8, 4) is 67.4 Å². The lowest BCUT2D eigenvalue weighted by atomic mass is 9.93. The summed E-state index contributed by atoms with van der Waals surface area (Å²) in [6.45, 7) is 0. The van der Waals surface area contributed by atoms with Gasteiger partial charge < -0.3 is 0 Å². The molecule has 56 heavy (non-hydrogen) atoms. The molecule has 0 saturated carbocycles. The highest BCUT2D eigenvalue weighted by Gasteiger charge is 2.18. The molecule has 4 heterocycles. The van der Waals surface area contributed by atoms with Crippen molar-refractivity contribution in [2.45, 2.75) is 0 Å². The maximum absolute atomic E-state index is 5.31. The summed E-state index contributed by atoms with van der Waals surface area (Å²) in [5.41, 5.74) is 11.4. The van der Waals surface area contributed by atoms with Gasteiger partial charge in [-0.15, -0.1) is 22.7 Å². The third kappa shape index (κ3) is 5.66. The Balaban J connectivity index is 1.15. The topological polar surface area (TPSA) is 51.6 Å². The highest BCUT2D eigenvalue weighted by molar-refractivity contribution is 7.26. The molecule has 6 heteroatoms. The molecule has 0 atom stereocenters. The van der Waals surface area contributed by atoms with Gasteiger partial charge in [0.2, 0.25) is 0 Å². The van der Waals surface area contributed by atoms with E-state index in [9.17, 15) is 0 Å². The predicted molar refractivity (Wildman–Crippen MR) is 236 cm³/mol. The SMILES string of the molecule is c1ccc(-c2nc(-c3ccc(-c4ccncn4)cc3)cc(-c3cc(-c4cccc5c4sc4ccccc45)cc(-c4cccc5c4sc4ccccc45)c3)n2)cc1. The fourth-order valence-electron chi connectivity index (χ4n) is 7.77. The fraction of sp³-hybridized carbons (Fsp3) is 0. The second kappa shape index (κ2) is 13.5. The van der Waals surface area contributed by atoms with Gasteiger partial charge in [0.1, 0.15) is 6.33 Å². The summed E-state index contributed by atoms with van der Waals surface area (Å²) in [5, 5.41) is 5.14. The van der Waals surface area contributed by atoms with Crippen LogP contribution in [0.5, 0.6) is 0 Å². The lowest BCUT2D eigenvalue weighted by molar-refractivity contribution is 1.17. The van der Waals surface area contributed by atoms with Crippen LogP contribution < -0.4 is 0 Å². The number of thiophene rings is 2. The summed E-state index contributed by atoms with van der Waals surface area (Å²) < 4.78 is 5.16. The summed E-state index contributed by atoms with van der Waals surface area (Å²) in [6.07, 6.45) is 3.35. The van der Waals surface area contributed by atoms with Crippen molar-refractivity contribution in [3.05, 3.63) is 182 Å². The molecule has 262 valence electrons. The third-order valence-electron chi connectivity index (χ3n) is 10.5. The predicted octanol–water partition coefficient (Wildman–Crippen LogP) is 14.0. The lowest BCUT2D eigenvalue weighted by Gasteiger charge is -2.14. The third-order valence-corrected chi connectivity index (χ3v) is 12.9. The van der Waals surface area contributed by atoms with E-state index < -0.39 is 0 Å². The van der Waals surface area contributed by atoms with Crippen molar-refractivity contribution in [1.29, 1.82) is 0 Å². The van der Waals surface area contributed by atoms with E-state index in [1.807, 2.05) is 46.9 Å². The Kier molecular flexibility index (Phi) is 7.83. The quantitative estimate of drug-likeness (QED) is 0.170. The minimum absolute atomic E-state index is 0.683. The summed E-state index contributed by atoms with van der Waals surface area (Å²) in [5.74, 6) is 0.683. The first-order chi connectivity index (χ1) is 27.7. The number of benzene rings is 7. The smallest absolute Gasteiger partial charge is 0.160 e. The van der Waals surface area contributed by atoms with Crippen molar-refractivity contribution in [2.24, 2.45) is 0 Å². The normalized spacial score (nSPS) is 11.6. The molecule has 4 nitrogen and oxygen atoms in total. The van der Waals surface area contributed by atoms with Gasteiger partial charge in [-0.2, -0.15) is 0 Å². The highest BCUT2D eigenvalue weighted by atomic mass is 32.1. The van der Waals surface area contributed by atoms with Crippen molar-refractivity contribution >= 4 is 63.0 Å². The molecule has 0 aliphatic heterocycles. The maximum atomic E-state index is 5.31. The molecule has 0 saturated heterocycles. The largest absolute Gasteiger partial charge is 0.245 e. The van der Waals surface area contributed by atoms with E-state index in [1.165, 1.54) is 51.5 Å². The van der Waals surface area contributed by atoms with Crippen molar-refractivity contribution < 1.29 is 0 Å². The summed E-state index contributed by atoms with van der Waals surface area (Å²) in [7, 11) is 0. The summed E-state index contributed by atoms with van der Waals surface area (Å²) in [6, 6.07) is 60.6. The number of nitrogens with zero attached hydrogens (tertiary/aromatic N) is 4. The summed E-state index contributed by atoms with van der Waals surface area (Å²) >= 11 is 3.72. The average molecular weight is 751 g/mol. The second-order valence-corrected chi connectivity index (χ2v) is 16.0. The Hall–Kier alpha value is -6.86. The van der Waals surface area contributed by atoms with E-state index in [4.69, 9.17) is 9.97 Å². The number of hydrogen-bond acceptors (Lipinski definition) is 6. The Labute approximate surface area is 331 Å². The number of fused-ring (bicyclic) bond motifs is 6. The van der Waals surface area contributed by atoms with E-state index >= 15 is 0 Å². The minimum Gasteiger partial charge on any atom is -0.245 e. The van der Waals surface area contributed by atoms with Gasteiger partial charge in [-0.05, 0) is 64.7 Å². The average Bonchev–Trinajstić information content (AvgIpc) is 3.86. The van der Waals surface area contributed by atoms with Crippen LogP contribution in [0.1, 0.15) is 0 Å². The Morgan fingerprint density at radius 3 is 1.46 bits per heavy atom. The van der Waals surface area contributed by atoms with E-state index in [-0.39, 0.29) is 0 Å². The van der Waals surface area contributed by atoms with Gasteiger partial charge in [0.25, 0.3) is 0 Å². The van der Waals surface area contributed by atoms with Crippen LogP contribution in [0.3, 0.4) is 0 Å². The zero-order valence-corrected chi connectivity index (χ0v) is 31.6. The van der Waals surface area contributed by atoms with Gasteiger partial charge in [-0.3, -0.25) is 0 Å². The Bertz CT molecular complexity index is 3110. The molecule has 0 radical (unpaired) electrons. The van der Waals surface area contributed by atoms with Crippen LogP contribution in [-0.2, 0) is 0 Å². The number of hydrogen-bond donors (Lipinski definition) is 0. The van der Waals surface area contributed by atoms with Crippen LogP contribution in [0, 0.1) is 0 Å². The van der Waals surface area contributed by atoms with Gasteiger partial charge in [-0.1, -0.05) is 127 Å². The van der Waals surface area contributed by atoms with Crippen LogP contribution in [0.4, 0.5) is 0 Å². The molecular weight excluding hydrogens is 721 g/mol. The van der Waals surface area contributed by atoms with Gasteiger partial charge in [0, 0.05) is 68.8 Å². The summed E-state index contributed by atoms with van der Waals surface area (Å²) in [4.78, 5) is 19.0. The Morgan fingerprint density at radius 1 is 0.357 bits per heavy atom. The molecule has 0 unspecified atom stereocenters. The van der Waals surface area contributed by atoms with E-state index in [0.29, 0.717) is 5.82 Å². The molecule has 4 aromatic heterocycles. The zero-order chi connectivity index (χ0) is 37.0. The molecule has 0 amide bonds. The van der Waals surface area contributed by atoms with Crippen molar-refractivity contribution in [2.75, 3.05) is 0 Å². The molecule has 0 N–H and O–H groups in total. The van der Waals surface area contributed by atoms with Gasteiger partial charge in [0.15, 0.2) is 5.82 Å². The Morgan fingerprint density at radius 2 is 0.875 bits per heavy atom. The minimum atomic E-state index is 0.683. The van der Waals surface area contributed by atoms with Crippen LogP contribution in [0.15, 0.2) is 182 Å². The van der Waals surface area contributed by atoms with Crippen LogP contribution in [-0.4, -0.2) is 19.9 Å². The molecule has 0 bridgehead atoms. The first kappa shape index (κ1) is 32.6. The lowest BCUT2D eigenvalue weighted by Crippen LogP contribution is -1.97. The fourth-order valence-corrected chi connectivity index (χ4v) is 10.2. The monoisotopic (exact) mass is 750 g/mol. The molecule has 0 spiro atoms. The molecule has 11 rings (SSSR count). The standard InChI is InChI=1S/C50H30N4S2/c1-2-10-33(11-3-1)50-53-44(32-22-20-31(21-23-32)43-24-25-51-30-52-43)29-45(54-50)36-27-34(37-14-8-16-41-39-12-4-6-18-46(39)55-48(37)41)26-35(28-36)38-15-9-17-42-40-13-5-7-19-47(40)56-49(38)42/h1-30H. The van der Waals surface area contributed by atoms with Crippen LogP contribution in [0.25, 0.3) is 108 Å². The first-order valence-electron chi connectivity index (χ1n) is 18.5. The van der Waals surface area contributed by atoms with E-state index in [1.54, 1.807) is 12.5 Å². The van der Waals surface area contributed by atoms with Crippen molar-refractivity contribution in [3.63, 3.8) is 0 Å². The molecule has 0 aliphatic carbocycles. The molecule has 0 aliphatic rings. The van der Waals surface area contributed by atoms with E-state index in [2.05, 4.69) is 156 Å². The van der Waals surface area contributed by atoms with Gasteiger partial charge in [0.05, 0.1) is 17.1 Å². The zero-order valence-electron chi connectivity index (χ0n) is 29.9. The van der Waals surface area contributed by atoms with Gasteiger partial charge >= 0.3 is 0 Å². The highest BCUT2D eigenvalue weighted by Crippen LogP contribution is 2.45. The van der Waals surface area contributed by atoms with Gasteiger partial charge in [-0.25, -0.2) is 19.9 Å². The molecule has 7 aromatic carbocycles.